The van der Waals surface area contributed by atoms with Gasteiger partial charge >= 0.3 is 0 Å². The Balaban J connectivity index is 2.14. The van der Waals surface area contributed by atoms with Gasteiger partial charge in [-0.25, -0.2) is 0 Å². The van der Waals surface area contributed by atoms with Crippen LogP contribution in [0.3, 0.4) is 0 Å². The summed E-state index contributed by atoms with van der Waals surface area (Å²) in [6.45, 7) is 4.33. The summed E-state index contributed by atoms with van der Waals surface area (Å²) < 4.78 is 4.08. The molecule has 0 bridgehead atoms. The smallest absolute Gasteiger partial charge is 0.0801 e. The molecule has 18 heavy (non-hydrogen) atoms. The van der Waals surface area contributed by atoms with E-state index in [0.29, 0.717) is 6.04 Å². The Morgan fingerprint density at radius 3 is 2.61 bits per heavy atom. The van der Waals surface area contributed by atoms with Gasteiger partial charge in [-0.15, -0.1) is 16.4 Å². The van der Waals surface area contributed by atoms with Crippen LogP contribution in [0, 0.1) is 0 Å². The summed E-state index contributed by atoms with van der Waals surface area (Å²) in [5, 5.41) is 7.59. The van der Waals surface area contributed by atoms with Crippen molar-refractivity contribution in [1.29, 1.82) is 0 Å². The summed E-state index contributed by atoms with van der Waals surface area (Å²) in [4.78, 5) is 4.17. The van der Waals surface area contributed by atoms with Crippen LogP contribution in [0.15, 0.2) is 12.1 Å². The second-order valence-corrected chi connectivity index (χ2v) is 6.24. The van der Waals surface area contributed by atoms with E-state index >= 15 is 0 Å². The normalized spacial score (nSPS) is 12.8. The lowest BCUT2D eigenvalue weighted by molar-refractivity contribution is 0.600. The fourth-order valence-corrected chi connectivity index (χ4v) is 3.82. The van der Waals surface area contributed by atoms with Crippen molar-refractivity contribution < 1.29 is 0 Å². The van der Waals surface area contributed by atoms with Gasteiger partial charge in [-0.2, -0.15) is 0 Å². The van der Waals surface area contributed by atoms with Crippen molar-refractivity contribution in [2.24, 2.45) is 0 Å². The minimum atomic E-state index is 0.336. The van der Waals surface area contributed by atoms with E-state index in [1.807, 2.05) is 18.4 Å². The van der Waals surface area contributed by atoms with Gasteiger partial charge in [0.15, 0.2) is 0 Å². The van der Waals surface area contributed by atoms with Crippen molar-refractivity contribution in [2.45, 2.75) is 39.2 Å². The lowest BCUT2D eigenvalue weighted by atomic mass is 10.1. The molecule has 1 unspecified atom stereocenters. The van der Waals surface area contributed by atoms with Gasteiger partial charge in [-0.1, -0.05) is 18.3 Å². The van der Waals surface area contributed by atoms with Gasteiger partial charge in [0.05, 0.1) is 10.6 Å². The van der Waals surface area contributed by atoms with Crippen LogP contribution in [0.1, 0.15) is 40.2 Å². The summed E-state index contributed by atoms with van der Waals surface area (Å²) in [6.07, 6.45) is 3.10. The molecule has 2 aromatic rings. The number of nitrogens with zero attached hydrogens (tertiary/aromatic N) is 2. The van der Waals surface area contributed by atoms with Crippen molar-refractivity contribution >= 4 is 22.9 Å². The summed E-state index contributed by atoms with van der Waals surface area (Å²) in [5.41, 5.74) is 1.13. The van der Waals surface area contributed by atoms with E-state index in [0.717, 1.165) is 25.0 Å². The van der Waals surface area contributed by atoms with Gasteiger partial charge < -0.3 is 5.32 Å². The number of likely N-dealkylation sites (N-methyl/N-ethyl adjacent to an activating group) is 1. The first-order chi connectivity index (χ1) is 8.78. The van der Waals surface area contributed by atoms with Crippen molar-refractivity contribution in [3.05, 3.63) is 32.5 Å². The molecule has 0 spiro atoms. The van der Waals surface area contributed by atoms with Gasteiger partial charge in [0.25, 0.3) is 0 Å². The fourth-order valence-electron chi connectivity index (χ4n) is 1.97. The Morgan fingerprint density at radius 2 is 2.00 bits per heavy atom. The number of hydrogen-bond acceptors (Lipinski definition) is 5. The number of aromatic nitrogens is 2. The molecule has 0 aliphatic carbocycles. The van der Waals surface area contributed by atoms with E-state index in [1.165, 1.54) is 26.2 Å². The Labute approximate surface area is 116 Å². The zero-order chi connectivity index (χ0) is 13.0. The second kappa shape index (κ2) is 6.41. The van der Waals surface area contributed by atoms with Crippen LogP contribution >= 0.6 is 22.9 Å². The van der Waals surface area contributed by atoms with Crippen molar-refractivity contribution in [3.8, 4) is 0 Å². The van der Waals surface area contributed by atoms with Crippen LogP contribution in [-0.2, 0) is 19.3 Å². The molecule has 0 aliphatic rings. The molecule has 98 valence electrons. The van der Waals surface area contributed by atoms with Gasteiger partial charge in [0.1, 0.15) is 0 Å². The molecule has 0 radical (unpaired) electrons. The van der Waals surface area contributed by atoms with Crippen LogP contribution in [-0.4, -0.2) is 16.6 Å². The molecular formula is C13H19N3S2. The third kappa shape index (κ3) is 2.96. The molecule has 3 nitrogen and oxygen atoms in total. The molecule has 1 N–H and O–H groups in total. The highest BCUT2D eigenvalue weighted by Gasteiger charge is 2.18. The zero-order valence-corrected chi connectivity index (χ0v) is 12.7. The molecule has 0 fully saturated rings. The molecule has 0 saturated heterocycles. The zero-order valence-electron chi connectivity index (χ0n) is 11.1. The Kier molecular flexibility index (Phi) is 4.86. The molecule has 0 amide bonds. The number of thiophene rings is 1. The largest absolute Gasteiger partial charge is 0.312 e. The number of rotatable bonds is 6. The van der Waals surface area contributed by atoms with E-state index in [9.17, 15) is 0 Å². The highest BCUT2D eigenvalue weighted by atomic mass is 32.1. The topological polar surface area (TPSA) is 37.8 Å². The third-order valence-corrected chi connectivity index (χ3v) is 5.19. The maximum absolute atomic E-state index is 4.20. The van der Waals surface area contributed by atoms with Gasteiger partial charge in [-0.05, 0) is 43.6 Å². The first-order valence-electron chi connectivity index (χ1n) is 6.34. The Morgan fingerprint density at radius 1 is 1.22 bits per heavy atom. The molecule has 0 saturated carbocycles. The SMILES string of the molecule is CCc1ccc(CC(NC)c2snnc2CC)s1. The molecular weight excluding hydrogens is 262 g/mol. The third-order valence-electron chi connectivity index (χ3n) is 3.06. The van der Waals surface area contributed by atoms with Crippen LogP contribution in [0.2, 0.25) is 0 Å². The van der Waals surface area contributed by atoms with Crippen LogP contribution in [0.5, 0.6) is 0 Å². The van der Waals surface area contributed by atoms with Crippen molar-refractivity contribution in [1.82, 2.24) is 14.9 Å². The van der Waals surface area contributed by atoms with Crippen molar-refractivity contribution in [3.63, 3.8) is 0 Å². The highest BCUT2D eigenvalue weighted by Crippen LogP contribution is 2.27. The molecule has 2 heterocycles. The average Bonchev–Trinajstić information content (AvgIpc) is 3.04. The van der Waals surface area contributed by atoms with Crippen LogP contribution in [0.4, 0.5) is 0 Å². The fraction of sp³-hybridized carbons (Fsp3) is 0.538. The maximum atomic E-state index is 4.20. The summed E-state index contributed by atoms with van der Waals surface area (Å²) in [6, 6.07) is 4.81. The lowest BCUT2D eigenvalue weighted by Gasteiger charge is -2.13. The Hall–Kier alpha value is -0.780. The van der Waals surface area contributed by atoms with E-state index < -0.39 is 0 Å². The van der Waals surface area contributed by atoms with E-state index in [2.05, 4.69) is 40.9 Å². The first-order valence-corrected chi connectivity index (χ1v) is 7.93. The maximum Gasteiger partial charge on any atom is 0.0801 e. The number of nitrogens with one attached hydrogen (secondary N) is 1. The molecule has 0 aliphatic heterocycles. The molecule has 0 aromatic carbocycles. The number of aryl methyl sites for hydroxylation is 2. The summed E-state index contributed by atoms with van der Waals surface area (Å²) in [7, 11) is 2.01. The second-order valence-electron chi connectivity index (χ2n) is 4.20. The monoisotopic (exact) mass is 281 g/mol. The van der Waals surface area contributed by atoms with Gasteiger partial charge in [0.2, 0.25) is 0 Å². The number of hydrogen-bond donors (Lipinski definition) is 1. The Bertz CT molecular complexity index is 490. The predicted molar refractivity (Wildman–Crippen MR) is 78.5 cm³/mol. The molecule has 5 heteroatoms. The molecule has 2 aromatic heterocycles. The first kappa shape index (κ1) is 13.6. The van der Waals surface area contributed by atoms with E-state index in [1.54, 1.807) is 0 Å². The van der Waals surface area contributed by atoms with Crippen molar-refractivity contribution in [2.75, 3.05) is 7.05 Å². The minimum Gasteiger partial charge on any atom is -0.312 e. The molecule has 1 atom stereocenters. The molecule has 2 rings (SSSR count). The summed E-state index contributed by atoms with van der Waals surface area (Å²) >= 11 is 3.43. The van der Waals surface area contributed by atoms with Gasteiger partial charge in [-0.3, -0.25) is 0 Å². The lowest BCUT2D eigenvalue weighted by Crippen LogP contribution is -2.18. The standard InChI is InChI=1S/C13H19N3S2/c1-4-9-6-7-10(17-9)8-12(14-3)13-11(5-2)15-16-18-13/h6-7,12,14H,4-5,8H2,1-3H3. The van der Waals surface area contributed by atoms with E-state index in [-0.39, 0.29) is 0 Å². The van der Waals surface area contributed by atoms with Crippen LogP contribution < -0.4 is 5.32 Å². The predicted octanol–water partition coefficient (Wildman–Crippen LogP) is 3.23. The summed E-state index contributed by atoms with van der Waals surface area (Å²) in [5.74, 6) is 0. The minimum absolute atomic E-state index is 0.336. The highest BCUT2D eigenvalue weighted by molar-refractivity contribution is 7.12. The van der Waals surface area contributed by atoms with Gasteiger partial charge in [0, 0.05) is 22.2 Å². The quantitative estimate of drug-likeness (QED) is 0.883. The average molecular weight is 281 g/mol. The van der Waals surface area contributed by atoms with E-state index in [4.69, 9.17) is 0 Å². The van der Waals surface area contributed by atoms with Crippen LogP contribution in [0.25, 0.3) is 0 Å².